The number of aromatic nitrogens is 2. The van der Waals surface area contributed by atoms with Crippen LogP contribution in [0.2, 0.25) is 0 Å². The van der Waals surface area contributed by atoms with E-state index in [1.54, 1.807) is 6.07 Å². The minimum atomic E-state index is -0.132. The van der Waals surface area contributed by atoms with Crippen LogP contribution in [0, 0.1) is 0 Å². The number of H-pyrrole nitrogens is 1. The van der Waals surface area contributed by atoms with Crippen LogP contribution in [-0.4, -0.2) is 16.0 Å². The van der Waals surface area contributed by atoms with Crippen molar-refractivity contribution in [3.63, 3.8) is 0 Å². The van der Waals surface area contributed by atoms with E-state index in [2.05, 4.69) is 15.5 Å². The van der Waals surface area contributed by atoms with E-state index >= 15 is 0 Å². The number of nitrogens with zero attached hydrogens (tertiary/aromatic N) is 1. The van der Waals surface area contributed by atoms with Crippen LogP contribution in [0.5, 0.6) is 0 Å². The number of fused-ring (bicyclic) bond motifs is 1. The van der Waals surface area contributed by atoms with Crippen molar-refractivity contribution in [1.82, 2.24) is 10.1 Å². The highest BCUT2D eigenvalue weighted by Crippen LogP contribution is 2.24. The van der Waals surface area contributed by atoms with Crippen LogP contribution in [0.3, 0.4) is 0 Å². The molecule has 0 aliphatic heterocycles. The van der Waals surface area contributed by atoms with Crippen molar-refractivity contribution in [2.45, 2.75) is 32.6 Å². The molecule has 3 rings (SSSR count). The maximum Gasteiger partial charge on any atom is 0.230 e. The Morgan fingerprint density at radius 2 is 2.09 bits per heavy atom. The number of benzene rings is 1. The molecule has 2 heterocycles. The van der Waals surface area contributed by atoms with Crippen molar-refractivity contribution in [2.24, 2.45) is 0 Å². The van der Waals surface area contributed by atoms with E-state index in [1.165, 1.54) is 0 Å². The molecule has 0 aliphatic rings. The summed E-state index contributed by atoms with van der Waals surface area (Å²) in [6.07, 6.45) is 2.16. The third kappa shape index (κ3) is 2.88. The van der Waals surface area contributed by atoms with Gasteiger partial charge in [0.15, 0.2) is 5.82 Å². The summed E-state index contributed by atoms with van der Waals surface area (Å²) in [4.78, 5) is 15.3. The van der Waals surface area contributed by atoms with Gasteiger partial charge in [-0.2, -0.15) is 0 Å². The Balaban J connectivity index is 1.71. The number of carbonyl (C=O) groups excluding carboxylic acids is 1. The number of aromatic amines is 1. The second-order valence-corrected chi connectivity index (χ2v) is 6.41. The second-order valence-electron chi connectivity index (χ2n) is 6.41. The monoisotopic (exact) mass is 297 g/mol. The van der Waals surface area contributed by atoms with Crippen molar-refractivity contribution in [3.05, 3.63) is 47.9 Å². The first-order valence-electron chi connectivity index (χ1n) is 7.25. The third-order valence-corrected chi connectivity index (χ3v) is 3.54. The molecule has 0 fully saturated rings. The third-order valence-electron chi connectivity index (χ3n) is 3.54. The molecule has 0 unspecified atom stereocenters. The molecule has 22 heavy (non-hydrogen) atoms. The molecule has 2 aromatic heterocycles. The van der Waals surface area contributed by atoms with Gasteiger partial charge in [0.25, 0.3) is 0 Å². The Bertz CT molecular complexity index is 809. The molecule has 3 aromatic rings. The average molecular weight is 297 g/mol. The van der Waals surface area contributed by atoms with E-state index in [9.17, 15) is 4.79 Å². The summed E-state index contributed by atoms with van der Waals surface area (Å²) >= 11 is 0. The van der Waals surface area contributed by atoms with Crippen molar-refractivity contribution in [3.8, 4) is 0 Å². The number of nitrogens with one attached hydrogen (secondary N) is 2. The Labute approximate surface area is 128 Å². The molecule has 0 bridgehead atoms. The summed E-state index contributed by atoms with van der Waals surface area (Å²) < 4.78 is 5.26. The second kappa shape index (κ2) is 5.33. The van der Waals surface area contributed by atoms with E-state index in [1.807, 2.05) is 51.2 Å². The summed E-state index contributed by atoms with van der Waals surface area (Å²) in [5.74, 6) is 1.09. The van der Waals surface area contributed by atoms with Gasteiger partial charge in [0, 0.05) is 28.6 Å². The lowest BCUT2D eigenvalue weighted by Gasteiger charge is -2.12. The minimum Gasteiger partial charge on any atom is -0.361 e. The molecular weight excluding hydrogens is 278 g/mol. The largest absolute Gasteiger partial charge is 0.361 e. The lowest BCUT2D eigenvalue weighted by atomic mass is 9.93. The Kier molecular flexibility index (Phi) is 3.48. The van der Waals surface area contributed by atoms with E-state index < -0.39 is 0 Å². The zero-order chi connectivity index (χ0) is 15.7. The maximum atomic E-state index is 12.2. The lowest BCUT2D eigenvalue weighted by Crippen LogP contribution is -2.14. The summed E-state index contributed by atoms with van der Waals surface area (Å²) in [7, 11) is 0. The van der Waals surface area contributed by atoms with Crippen LogP contribution in [0.15, 0.2) is 41.1 Å². The number of amides is 1. The standard InChI is InChI=1S/C17H19N3O2/c1-17(2,3)14-9-15(20-22-14)19-16(21)8-11-10-18-13-7-5-4-6-12(11)13/h4-7,9-10,18H,8H2,1-3H3,(H,19,20,21). The summed E-state index contributed by atoms with van der Waals surface area (Å²) in [5.41, 5.74) is 1.86. The number of hydrogen-bond acceptors (Lipinski definition) is 3. The van der Waals surface area contributed by atoms with Gasteiger partial charge in [0.1, 0.15) is 5.76 Å². The predicted molar refractivity (Wildman–Crippen MR) is 85.8 cm³/mol. The predicted octanol–water partition coefficient (Wildman–Crippen LogP) is 3.63. The fourth-order valence-electron chi connectivity index (χ4n) is 2.33. The highest BCUT2D eigenvalue weighted by molar-refractivity contribution is 5.95. The maximum absolute atomic E-state index is 12.2. The van der Waals surface area contributed by atoms with Gasteiger partial charge in [-0.3, -0.25) is 4.79 Å². The van der Waals surface area contributed by atoms with Gasteiger partial charge in [0.2, 0.25) is 5.91 Å². The van der Waals surface area contributed by atoms with Gasteiger partial charge in [-0.05, 0) is 11.6 Å². The van der Waals surface area contributed by atoms with Gasteiger partial charge >= 0.3 is 0 Å². The first kappa shape index (κ1) is 14.4. The van der Waals surface area contributed by atoms with Crippen LogP contribution in [0.4, 0.5) is 5.82 Å². The van der Waals surface area contributed by atoms with Crippen molar-refractivity contribution in [1.29, 1.82) is 0 Å². The SMILES string of the molecule is CC(C)(C)c1cc(NC(=O)Cc2c[nH]c3ccccc23)no1. The Hall–Kier alpha value is -2.56. The van der Waals surface area contributed by atoms with Crippen LogP contribution in [0.25, 0.3) is 10.9 Å². The van der Waals surface area contributed by atoms with Crippen molar-refractivity contribution < 1.29 is 9.32 Å². The van der Waals surface area contributed by atoms with Crippen molar-refractivity contribution in [2.75, 3.05) is 5.32 Å². The highest BCUT2D eigenvalue weighted by Gasteiger charge is 2.20. The Morgan fingerprint density at radius 3 is 2.82 bits per heavy atom. The molecule has 0 aliphatic carbocycles. The highest BCUT2D eigenvalue weighted by atomic mass is 16.5. The zero-order valence-corrected chi connectivity index (χ0v) is 12.9. The molecule has 0 saturated heterocycles. The van der Waals surface area contributed by atoms with E-state index in [0.29, 0.717) is 12.2 Å². The van der Waals surface area contributed by atoms with E-state index in [4.69, 9.17) is 4.52 Å². The smallest absolute Gasteiger partial charge is 0.230 e. The average Bonchev–Trinajstić information content (AvgIpc) is 3.06. The number of rotatable bonds is 3. The van der Waals surface area contributed by atoms with Crippen LogP contribution >= 0.6 is 0 Å². The number of anilines is 1. The first-order valence-corrected chi connectivity index (χ1v) is 7.25. The fraction of sp³-hybridized carbons (Fsp3) is 0.294. The van der Waals surface area contributed by atoms with Gasteiger partial charge in [-0.25, -0.2) is 0 Å². The van der Waals surface area contributed by atoms with E-state index in [-0.39, 0.29) is 11.3 Å². The molecule has 1 aromatic carbocycles. The molecule has 0 saturated carbocycles. The van der Waals surface area contributed by atoms with Crippen LogP contribution in [-0.2, 0) is 16.6 Å². The molecular formula is C17H19N3O2. The lowest BCUT2D eigenvalue weighted by molar-refractivity contribution is -0.115. The number of hydrogen-bond donors (Lipinski definition) is 2. The summed E-state index contributed by atoms with van der Waals surface area (Å²) in [5, 5.41) is 7.74. The molecule has 2 N–H and O–H groups in total. The molecule has 5 nitrogen and oxygen atoms in total. The van der Waals surface area contributed by atoms with Gasteiger partial charge < -0.3 is 14.8 Å². The van der Waals surface area contributed by atoms with Gasteiger partial charge in [-0.1, -0.05) is 44.1 Å². The quantitative estimate of drug-likeness (QED) is 0.775. The Morgan fingerprint density at radius 1 is 1.32 bits per heavy atom. The fourth-order valence-corrected chi connectivity index (χ4v) is 2.33. The summed E-state index contributed by atoms with van der Waals surface area (Å²) in [6.45, 7) is 6.10. The van der Waals surface area contributed by atoms with Crippen molar-refractivity contribution >= 4 is 22.6 Å². The molecule has 5 heteroatoms. The molecule has 0 radical (unpaired) electrons. The normalized spacial score (nSPS) is 11.8. The minimum absolute atomic E-state index is 0.112. The molecule has 0 spiro atoms. The summed E-state index contributed by atoms with van der Waals surface area (Å²) in [6, 6.07) is 9.69. The zero-order valence-electron chi connectivity index (χ0n) is 12.9. The number of para-hydroxylation sites is 1. The number of carbonyl (C=O) groups is 1. The first-order chi connectivity index (χ1) is 10.4. The molecule has 1 amide bonds. The topological polar surface area (TPSA) is 70.9 Å². The molecule has 114 valence electrons. The molecule has 0 atom stereocenters. The van der Waals surface area contributed by atoms with E-state index in [0.717, 1.165) is 22.2 Å². The van der Waals surface area contributed by atoms with Gasteiger partial charge in [0.05, 0.1) is 6.42 Å². The van der Waals surface area contributed by atoms with Crippen LogP contribution < -0.4 is 5.32 Å². The van der Waals surface area contributed by atoms with Gasteiger partial charge in [-0.15, -0.1) is 0 Å². The van der Waals surface area contributed by atoms with Crippen LogP contribution in [0.1, 0.15) is 32.1 Å².